The number of thiophene rings is 2. The van der Waals surface area contributed by atoms with E-state index in [1.807, 2.05) is 29.5 Å². The molecule has 8 aromatic carbocycles. The lowest BCUT2D eigenvalue weighted by Gasteiger charge is -2.10. The van der Waals surface area contributed by atoms with Crippen molar-refractivity contribution in [3.8, 4) is 51.0 Å². The Balaban J connectivity index is 0.989. The molecule has 0 aliphatic heterocycles. The van der Waals surface area contributed by atoms with Crippen LogP contribution in [0.1, 0.15) is 0 Å². The molecule has 0 saturated carbocycles. The van der Waals surface area contributed by atoms with Crippen LogP contribution in [-0.2, 0) is 0 Å². The molecule has 0 aliphatic rings. The minimum absolute atomic E-state index is 0.663. The predicted octanol–water partition coefficient (Wildman–Crippen LogP) is 14.4. The van der Waals surface area contributed by atoms with Crippen LogP contribution in [0.2, 0.25) is 0 Å². The number of fused-ring (bicyclic) bond motifs is 9. The van der Waals surface area contributed by atoms with Crippen LogP contribution in [0.5, 0.6) is 0 Å². The highest BCUT2D eigenvalue weighted by molar-refractivity contribution is 7.26. The minimum atomic E-state index is 0.663. The van der Waals surface area contributed by atoms with Gasteiger partial charge in [0, 0.05) is 73.5 Å². The fourth-order valence-corrected chi connectivity index (χ4v) is 10.7. The molecule has 6 heteroatoms. The van der Waals surface area contributed by atoms with Crippen molar-refractivity contribution in [3.05, 3.63) is 182 Å². The van der Waals surface area contributed by atoms with Crippen LogP contribution in [0.25, 0.3) is 113 Å². The van der Waals surface area contributed by atoms with E-state index in [9.17, 15) is 0 Å². The van der Waals surface area contributed by atoms with Crippen LogP contribution in [0, 0.1) is 0 Å². The molecule has 0 radical (unpaired) electrons. The van der Waals surface area contributed by atoms with E-state index in [4.69, 9.17) is 15.0 Å². The number of benzene rings is 8. The van der Waals surface area contributed by atoms with Gasteiger partial charge in [0.05, 0.1) is 11.0 Å². The maximum absolute atomic E-state index is 5.20. The number of para-hydroxylation sites is 2. The number of hydrogen-bond acceptors (Lipinski definition) is 5. The quantitative estimate of drug-likeness (QED) is 0.175. The fourth-order valence-electron chi connectivity index (χ4n) is 8.40. The highest BCUT2D eigenvalue weighted by atomic mass is 32.1. The van der Waals surface area contributed by atoms with E-state index in [0.29, 0.717) is 17.5 Å². The van der Waals surface area contributed by atoms with E-state index in [1.165, 1.54) is 73.3 Å². The first kappa shape index (κ1) is 32.3. The fraction of sp³-hybridized carbons (Fsp3) is 0. The maximum Gasteiger partial charge on any atom is 0.164 e. The molecule has 0 fully saturated rings. The molecule has 0 bridgehead atoms. The third-order valence-electron chi connectivity index (χ3n) is 11.1. The summed E-state index contributed by atoms with van der Waals surface area (Å²) in [7, 11) is 0. The Labute approximate surface area is 335 Å². The first-order chi connectivity index (χ1) is 28.2. The van der Waals surface area contributed by atoms with Gasteiger partial charge in [-0.2, -0.15) is 0 Å². The zero-order valence-corrected chi connectivity index (χ0v) is 32.1. The third kappa shape index (κ3) is 5.22. The number of rotatable bonds is 5. The monoisotopic (exact) mass is 762 g/mol. The molecule has 4 heterocycles. The molecule has 4 nitrogen and oxygen atoms in total. The van der Waals surface area contributed by atoms with Gasteiger partial charge in [-0.25, -0.2) is 15.0 Å². The molecule has 0 N–H and O–H groups in total. The molecule has 0 saturated heterocycles. The lowest BCUT2D eigenvalue weighted by atomic mass is 10.0. The molecule has 57 heavy (non-hydrogen) atoms. The van der Waals surface area contributed by atoms with Gasteiger partial charge in [0.15, 0.2) is 17.5 Å². The van der Waals surface area contributed by atoms with Crippen LogP contribution in [0.3, 0.4) is 0 Å². The first-order valence-electron chi connectivity index (χ1n) is 19.0. The van der Waals surface area contributed by atoms with Crippen LogP contribution < -0.4 is 0 Å². The molecule has 0 spiro atoms. The zero-order chi connectivity index (χ0) is 37.5. The van der Waals surface area contributed by atoms with Gasteiger partial charge in [-0.15, -0.1) is 22.7 Å². The summed E-state index contributed by atoms with van der Waals surface area (Å²) >= 11 is 3.62. The smallest absolute Gasteiger partial charge is 0.164 e. The van der Waals surface area contributed by atoms with Gasteiger partial charge in [0.2, 0.25) is 0 Å². The molecule has 0 unspecified atom stereocenters. The van der Waals surface area contributed by atoms with Crippen LogP contribution in [0.4, 0.5) is 0 Å². The summed E-state index contributed by atoms with van der Waals surface area (Å²) < 4.78 is 7.32. The molecular weight excluding hydrogens is 733 g/mol. The summed E-state index contributed by atoms with van der Waals surface area (Å²) in [6.07, 6.45) is 0. The summed E-state index contributed by atoms with van der Waals surface area (Å²) in [6.45, 7) is 0. The Kier molecular flexibility index (Phi) is 7.24. The van der Waals surface area contributed by atoms with Crippen LogP contribution in [0.15, 0.2) is 182 Å². The first-order valence-corrected chi connectivity index (χ1v) is 20.6. The molecule has 0 amide bonds. The summed E-state index contributed by atoms with van der Waals surface area (Å²) in [5.74, 6) is 2.01. The Bertz CT molecular complexity index is 3530. The molecule has 4 aromatic heterocycles. The molecular formula is C51H30N4S2. The minimum Gasteiger partial charge on any atom is -0.309 e. The van der Waals surface area contributed by atoms with E-state index in [0.717, 1.165) is 22.4 Å². The average molecular weight is 763 g/mol. The second kappa shape index (κ2) is 12.8. The van der Waals surface area contributed by atoms with E-state index in [-0.39, 0.29) is 0 Å². The molecule has 0 aliphatic carbocycles. The van der Waals surface area contributed by atoms with Crippen LogP contribution >= 0.6 is 22.7 Å². The molecule has 0 atom stereocenters. The van der Waals surface area contributed by atoms with E-state index >= 15 is 0 Å². The van der Waals surface area contributed by atoms with Gasteiger partial charge in [-0.1, -0.05) is 127 Å². The summed E-state index contributed by atoms with van der Waals surface area (Å²) in [5.41, 5.74) is 8.92. The second-order valence-corrected chi connectivity index (χ2v) is 16.6. The Morgan fingerprint density at radius 2 is 0.947 bits per heavy atom. The van der Waals surface area contributed by atoms with Crippen molar-refractivity contribution in [1.82, 2.24) is 19.5 Å². The van der Waals surface area contributed by atoms with Gasteiger partial charge in [-0.05, 0) is 65.7 Å². The lowest BCUT2D eigenvalue weighted by molar-refractivity contribution is 1.08. The number of hydrogen-bond donors (Lipinski definition) is 0. The van der Waals surface area contributed by atoms with Crippen molar-refractivity contribution >= 4 is 84.8 Å². The van der Waals surface area contributed by atoms with Crippen molar-refractivity contribution in [3.63, 3.8) is 0 Å². The van der Waals surface area contributed by atoms with Gasteiger partial charge in [-0.3, -0.25) is 0 Å². The van der Waals surface area contributed by atoms with Gasteiger partial charge >= 0.3 is 0 Å². The number of nitrogens with zero attached hydrogens (tertiary/aromatic N) is 4. The van der Waals surface area contributed by atoms with Crippen molar-refractivity contribution in [2.75, 3.05) is 0 Å². The normalized spacial score (nSPS) is 11.9. The Morgan fingerprint density at radius 3 is 1.82 bits per heavy atom. The van der Waals surface area contributed by atoms with Crippen molar-refractivity contribution in [2.45, 2.75) is 0 Å². The summed E-state index contributed by atoms with van der Waals surface area (Å²) in [5, 5.41) is 7.40. The summed E-state index contributed by atoms with van der Waals surface area (Å²) in [6, 6.07) is 65.0. The Hall–Kier alpha value is -6.99. The summed E-state index contributed by atoms with van der Waals surface area (Å²) in [4.78, 5) is 15.4. The Morgan fingerprint density at radius 1 is 0.333 bits per heavy atom. The van der Waals surface area contributed by atoms with Gasteiger partial charge < -0.3 is 4.57 Å². The zero-order valence-electron chi connectivity index (χ0n) is 30.4. The standard InChI is InChI=1S/C51H30N4S2/c1-3-12-31(13-4-1)49-52-50(54-51(53-49)40-18-11-21-46-48(40)39-17-8-10-20-44(39)56-46)34-23-26-38-41-28-32(24-27-45(41)57-47(38)30-34)33-22-25-37-36-16-7-9-19-42(36)55(43(37)29-33)35-14-5-2-6-15-35/h1-30H. The van der Waals surface area contributed by atoms with Gasteiger partial charge in [0.1, 0.15) is 0 Å². The maximum atomic E-state index is 5.20. The molecule has 12 aromatic rings. The van der Waals surface area contributed by atoms with E-state index in [1.54, 1.807) is 11.3 Å². The number of aromatic nitrogens is 4. The third-order valence-corrected chi connectivity index (χ3v) is 13.3. The average Bonchev–Trinajstić information content (AvgIpc) is 3.95. The highest BCUT2D eigenvalue weighted by Crippen LogP contribution is 2.42. The second-order valence-electron chi connectivity index (χ2n) is 14.4. The SMILES string of the molecule is c1ccc(-c2nc(-c3ccc4c(c3)sc3ccc(-c5ccc6c7ccccc7n(-c7ccccc7)c6c5)cc34)nc(-c3cccc4sc5ccccc5c34)n2)cc1. The van der Waals surface area contributed by atoms with Crippen LogP contribution in [-0.4, -0.2) is 19.5 Å². The molecule has 266 valence electrons. The van der Waals surface area contributed by atoms with Crippen molar-refractivity contribution in [1.29, 1.82) is 0 Å². The largest absolute Gasteiger partial charge is 0.309 e. The molecule has 12 rings (SSSR count). The van der Waals surface area contributed by atoms with E-state index < -0.39 is 0 Å². The van der Waals surface area contributed by atoms with Gasteiger partial charge in [0.25, 0.3) is 0 Å². The highest BCUT2D eigenvalue weighted by Gasteiger charge is 2.18. The van der Waals surface area contributed by atoms with Crippen molar-refractivity contribution < 1.29 is 0 Å². The lowest BCUT2D eigenvalue weighted by Crippen LogP contribution is -2.00. The van der Waals surface area contributed by atoms with Crippen molar-refractivity contribution in [2.24, 2.45) is 0 Å². The predicted molar refractivity (Wildman–Crippen MR) is 242 cm³/mol. The van der Waals surface area contributed by atoms with E-state index in [2.05, 4.69) is 168 Å². The topological polar surface area (TPSA) is 43.6 Å².